The van der Waals surface area contributed by atoms with Crippen molar-refractivity contribution in [3.05, 3.63) is 48.0 Å². The van der Waals surface area contributed by atoms with Crippen molar-refractivity contribution in [1.82, 2.24) is 0 Å². The summed E-state index contributed by atoms with van der Waals surface area (Å²) >= 11 is 1.52. The third kappa shape index (κ3) is 3.85. The van der Waals surface area contributed by atoms with Gasteiger partial charge in [-0.25, -0.2) is 0 Å². The van der Waals surface area contributed by atoms with Crippen LogP contribution in [0.5, 0.6) is 17.2 Å². The lowest BCUT2D eigenvalue weighted by atomic mass is 10.1. The molecule has 0 fully saturated rings. The van der Waals surface area contributed by atoms with Crippen molar-refractivity contribution >= 4 is 17.5 Å². The molecular formula is C19H20O4S. The molecule has 24 heavy (non-hydrogen) atoms. The molecule has 0 amide bonds. The van der Waals surface area contributed by atoms with Crippen LogP contribution < -0.4 is 14.2 Å². The van der Waals surface area contributed by atoms with Gasteiger partial charge in [-0.1, -0.05) is 0 Å². The first-order chi connectivity index (χ1) is 11.7. The number of carbonyl (C=O) groups excluding carboxylic acids is 1. The van der Waals surface area contributed by atoms with Gasteiger partial charge in [0.1, 0.15) is 5.75 Å². The molecule has 2 aromatic rings. The Balaban J connectivity index is 1.70. The normalized spacial score (nSPS) is 14.6. The van der Waals surface area contributed by atoms with Crippen LogP contribution >= 0.6 is 11.8 Å². The number of Topliss-reactive ketones (excluding diaryl/α,β-unsaturated/α-hetero) is 1. The molecule has 1 aliphatic rings. The van der Waals surface area contributed by atoms with E-state index >= 15 is 0 Å². The molecule has 0 saturated carbocycles. The SMILES string of the molecule is COc1ccc(C(=O)C(C)Sc2ccc3c(c2)OCCCO3)cc1. The van der Waals surface area contributed by atoms with E-state index in [1.54, 1.807) is 31.4 Å². The van der Waals surface area contributed by atoms with Crippen LogP contribution in [0.25, 0.3) is 0 Å². The molecule has 1 unspecified atom stereocenters. The maximum absolute atomic E-state index is 12.6. The van der Waals surface area contributed by atoms with Crippen LogP contribution in [0.1, 0.15) is 23.7 Å². The van der Waals surface area contributed by atoms with E-state index in [0.717, 1.165) is 28.6 Å². The maximum atomic E-state index is 12.6. The molecule has 0 bridgehead atoms. The topological polar surface area (TPSA) is 44.8 Å². The first-order valence-electron chi connectivity index (χ1n) is 7.92. The molecule has 1 heterocycles. The Bertz CT molecular complexity index is 712. The molecule has 0 radical (unpaired) electrons. The smallest absolute Gasteiger partial charge is 0.175 e. The van der Waals surface area contributed by atoms with Gasteiger partial charge in [0.05, 0.1) is 25.6 Å². The van der Waals surface area contributed by atoms with Crippen LogP contribution in [-0.2, 0) is 0 Å². The highest BCUT2D eigenvalue weighted by atomic mass is 32.2. The Kier molecular flexibility index (Phi) is 5.30. The van der Waals surface area contributed by atoms with Crippen LogP contribution in [0.3, 0.4) is 0 Å². The Labute approximate surface area is 146 Å². The molecule has 1 aliphatic heterocycles. The van der Waals surface area contributed by atoms with Gasteiger partial charge < -0.3 is 14.2 Å². The highest BCUT2D eigenvalue weighted by molar-refractivity contribution is 8.00. The predicted molar refractivity (Wildman–Crippen MR) is 94.7 cm³/mol. The molecule has 4 nitrogen and oxygen atoms in total. The van der Waals surface area contributed by atoms with E-state index in [1.807, 2.05) is 25.1 Å². The van der Waals surface area contributed by atoms with Gasteiger partial charge in [-0.15, -0.1) is 11.8 Å². The summed E-state index contributed by atoms with van der Waals surface area (Å²) in [6, 6.07) is 13.0. The van der Waals surface area contributed by atoms with Crippen LogP contribution in [0.4, 0.5) is 0 Å². The summed E-state index contributed by atoms with van der Waals surface area (Å²) < 4.78 is 16.5. The number of hydrogen-bond acceptors (Lipinski definition) is 5. The standard InChI is InChI=1S/C19H20O4S/c1-13(19(20)14-4-6-15(21-2)7-5-14)24-16-8-9-17-18(12-16)23-11-3-10-22-17/h4-9,12-13H,3,10-11H2,1-2H3. The Hall–Kier alpha value is -2.14. The van der Waals surface area contributed by atoms with Crippen molar-refractivity contribution in [1.29, 1.82) is 0 Å². The predicted octanol–water partition coefficient (Wildman–Crippen LogP) is 4.22. The molecule has 0 saturated heterocycles. The van der Waals surface area contributed by atoms with Gasteiger partial charge in [0.15, 0.2) is 17.3 Å². The van der Waals surface area contributed by atoms with E-state index < -0.39 is 0 Å². The van der Waals surface area contributed by atoms with Gasteiger partial charge in [0.25, 0.3) is 0 Å². The molecule has 0 N–H and O–H groups in total. The number of ketones is 1. The van der Waals surface area contributed by atoms with Crippen molar-refractivity contribution in [2.75, 3.05) is 20.3 Å². The maximum Gasteiger partial charge on any atom is 0.175 e. The summed E-state index contributed by atoms with van der Waals surface area (Å²) in [5.74, 6) is 2.36. The number of rotatable bonds is 5. The highest BCUT2D eigenvalue weighted by Crippen LogP contribution is 2.35. The molecular weight excluding hydrogens is 324 g/mol. The third-order valence-electron chi connectivity index (χ3n) is 3.78. The van der Waals surface area contributed by atoms with Crippen LogP contribution in [0, 0.1) is 0 Å². The number of ether oxygens (including phenoxy) is 3. The van der Waals surface area contributed by atoms with E-state index in [0.29, 0.717) is 18.8 Å². The van der Waals surface area contributed by atoms with Crippen molar-refractivity contribution < 1.29 is 19.0 Å². The number of fused-ring (bicyclic) bond motifs is 1. The Morgan fingerprint density at radius 3 is 2.50 bits per heavy atom. The highest BCUT2D eigenvalue weighted by Gasteiger charge is 2.18. The number of benzene rings is 2. The zero-order valence-electron chi connectivity index (χ0n) is 13.8. The van der Waals surface area contributed by atoms with Crippen molar-refractivity contribution in [2.24, 2.45) is 0 Å². The Morgan fingerprint density at radius 2 is 1.79 bits per heavy atom. The van der Waals surface area contributed by atoms with Crippen molar-refractivity contribution in [3.63, 3.8) is 0 Å². The average Bonchev–Trinajstić information content (AvgIpc) is 2.86. The number of hydrogen-bond donors (Lipinski definition) is 0. The van der Waals surface area contributed by atoms with E-state index in [9.17, 15) is 4.79 Å². The van der Waals surface area contributed by atoms with Crippen LogP contribution in [0.2, 0.25) is 0 Å². The monoisotopic (exact) mass is 344 g/mol. The lowest BCUT2D eigenvalue weighted by Crippen LogP contribution is -2.13. The quantitative estimate of drug-likeness (QED) is 0.600. The molecule has 1 atom stereocenters. The minimum Gasteiger partial charge on any atom is -0.497 e. The first-order valence-corrected chi connectivity index (χ1v) is 8.80. The average molecular weight is 344 g/mol. The molecule has 0 spiro atoms. The van der Waals surface area contributed by atoms with Gasteiger partial charge in [-0.3, -0.25) is 4.79 Å². The lowest BCUT2D eigenvalue weighted by molar-refractivity contribution is 0.0994. The molecule has 3 rings (SSSR count). The zero-order valence-corrected chi connectivity index (χ0v) is 14.6. The second-order valence-corrected chi connectivity index (χ2v) is 6.93. The molecule has 5 heteroatoms. The summed E-state index contributed by atoms with van der Waals surface area (Å²) in [6.07, 6.45) is 0.878. The number of thioether (sulfide) groups is 1. The number of carbonyl (C=O) groups is 1. The van der Waals surface area contributed by atoms with Crippen molar-refractivity contribution in [2.45, 2.75) is 23.5 Å². The molecule has 126 valence electrons. The van der Waals surface area contributed by atoms with E-state index in [1.165, 1.54) is 11.8 Å². The number of methoxy groups -OCH3 is 1. The van der Waals surface area contributed by atoms with Crippen LogP contribution in [-0.4, -0.2) is 31.4 Å². The van der Waals surface area contributed by atoms with Gasteiger partial charge in [0, 0.05) is 16.9 Å². The fourth-order valence-corrected chi connectivity index (χ4v) is 3.44. The second-order valence-electron chi connectivity index (χ2n) is 5.51. The summed E-state index contributed by atoms with van der Waals surface area (Å²) in [6.45, 7) is 3.24. The second kappa shape index (κ2) is 7.62. The van der Waals surface area contributed by atoms with E-state index in [2.05, 4.69) is 0 Å². The summed E-state index contributed by atoms with van der Waals surface area (Å²) in [7, 11) is 1.61. The summed E-state index contributed by atoms with van der Waals surface area (Å²) in [4.78, 5) is 13.6. The van der Waals surface area contributed by atoms with Gasteiger partial charge >= 0.3 is 0 Å². The van der Waals surface area contributed by atoms with Gasteiger partial charge in [-0.05, 0) is 49.4 Å². The van der Waals surface area contributed by atoms with Crippen molar-refractivity contribution in [3.8, 4) is 17.2 Å². The lowest BCUT2D eigenvalue weighted by Gasteiger charge is -2.13. The minimum absolute atomic E-state index is 0.0924. The fraction of sp³-hybridized carbons (Fsp3) is 0.316. The molecule has 0 aromatic heterocycles. The zero-order chi connectivity index (χ0) is 16.9. The first kappa shape index (κ1) is 16.7. The summed E-state index contributed by atoms with van der Waals surface area (Å²) in [5, 5.41) is -0.192. The van der Waals surface area contributed by atoms with E-state index in [-0.39, 0.29) is 11.0 Å². The third-order valence-corrected chi connectivity index (χ3v) is 4.87. The van der Waals surface area contributed by atoms with E-state index in [4.69, 9.17) is 14.2 Å². The fourth-order valence-electron chi connectivity index (χ4n) is 2.46. The molecule has 0 aliphatic carbocycles. The molecule has 2 aromatic carbocycles. The largest absolute Gasteiger partial charge is 0.497 e. The van der Waals surface area contributed by atoms with Gasteiger partial charge in [-0.2, -0.15) is 0 Å². The van der Waals surface area contributed by atoms with Gasteiger partial charge in [0.2, 0.25) is 0 Å². The summed E-state index contributed by atoms with van der Waals surface area (Å²) in [5.41, 5.74) is 0.685. The minimum atomic E-state index is -0.192. The van der Waals surface area contributed by atoms with Crippen LogP contribution in [0.15, 0.2) is 47.4 Å². The Morgan fingerprint density at radius 1 is 1.08 bits per heavy atom.